The molecule has 144 valence electrons. The molecule has 1 fully saturated rings. The predicted molar refractivity (Wildman–Crippen MR) is 106 cm³/mol. The lowest BCUT2D eigenvalue weighted by Gasteiger charge is -2.39. The maximum atomic E-state index is 13.3. The lowest BCUT2D eigenvalue weighted by Crippen LogP contribution is -2.58. The lowest BCUT2D eigenvalue weighted by atomic mass is 9.83. The van der Waals surface area contributed by atoms with E-state index in [1.165, 1.54) is 24.3 Å². The van der Waals surface area contributed by atoms with E-state index < -0.39 is 6.04 Å². The molecule has 1 unspecified atom stereocenters. The van der Waals surface area contributed by atoms with Crippen molar-refractivity contribution in [2.45, 2.75) is 13.0 Å². The van der Waals surface area contributed by atoms with Crippen LogP contribution in [0.1, 0.15) is 27.6 Å². The molecular formula is C22H22FN3O2. The van der Waals surface area contributed by atoms with Gasteiger partial charge in [-0.2, -0.15) is 0 Å². The first-order valence-corrected chi connectivity index (χ1v) is 9.57. The van der Waals surface area contributed by atoms with E-state index in [1.807, 2.05) is 4.90 Å². The quantitative estimate of drug-likeness (QED) is 0.823. The van der Waals surface area contributed by atoms with Crippen LogP contribution in [0.5, 0.6) is 0 Å². The molecule has 0 radical (unpaired) electrons. The minimum atomic E-state index is -0.702. The fraction of sp³-hybridized carbons (Fsp3) is 0.318. The standard InChI is InChI=1S/C22H22FN3O2/c1-2-25-11-13-26(14-12-25)20-19(24-16-9-7-15(23)8-10-16)21(27)17-5-3-4-6-18(17)22(20)28/h3-10,20H,2,11-14H2,1H3. The first-order chi connectivity index (χ1) is 13.6. The molecule has 1 aliphatic carbocycles. The van der Waals surface area contributed by atoms with Crippen LogP contribution >= 0.6 is 0 Å². The van der Waals surface area contributed by atoms with Gasteiger partial charge in [-0.15, -0.1) is 0 Å². The summed E-state index contributed by atoms with van der Waals surface area (Å²) in [6, 6.07) is 11.8. The molecule has 5 nitrogen and oxygen atoms in total. The Morgan fingerprint density at radius 3 is 2.25 bits per heavy atom. The molecule has 2 aliphatic rings. The number of hydrogen-bond acceptors (Lipinski definition) is 5. The molecule has 1 aliphatic heterocycles. The molecule has 6 heteroatoms. The second-order valence-electron chi connectivity index (χ2n) is 7.09. The molecule has 28 heavy (non-hydrogen) atoms. The third-order valence-corrected chi connectivity index (χ3v) is 5.47. The van der Waals surface area contributed by atoms with Gasteiger partial charge < -0.3 is 4.90 Å². The minimum Gasteiger partial charge on any atom is -0.301 e. The average Bonchev–Trinajstić information content (AvgIpc) is 2.74. The average molecular weight is 379 g/mol. The largest absolute Gasteiger partial charge is 0.301 e. The van der Waals surface area contributed by atoms with E-state index in [9.17, 15) is 14.0 Å². The molecule has 2 aromatic carbocycles. The van der Waals surface area contributed by atoms with Crippen molar-refractivity contribution >= 4 is 23.0 Å². The lowest BCUT2D eigenvalue weighted by molar-refractivity contribution is 0.0756. The van der Waals surface area contributed by atoms with Crippen molar-refractivity contribution in [3.8, 4) is 0 Å². The van der Waals surface area contributed by atoms with Crippen molar-refractivity contribution < 1.29 is 14.0 Å². The summed E-state index contributed by atoms with van der Waals surface area (Å²) in [4.78, 5) is 35.4. The highest BCUT2D eigenvalue weighted by Gasteiger charge is 2.42. The molecular weight excluding hydrogens is 357 g/mol. The van der Waals surface area contributed by atoms with Crippen LogP contribution in [0.2, 0.25) is 0 Å². The summed E-state index contributed by atoms with van der Waals surface area (Å²) in [5.41, 5.74) is 1.53. The van der Waals surface area contributed by atoms with Crippen LogP contribution in [-0.2, 0) is 0 Å². The number of rotatable bonds is 3. The summed E-state index contributed by atoms with van der Waals surface area (Å²) in [5.74, 6) is -0.698. The second kappa shape index (κ2) is 7.73. The molecule has 0 N–H and O–H groups in total. The van der Waals surface area contributed by atoms with E-state index in [-0.39, 0.29) is 23.1 Å². The van der Waals surface area contributed by atoms with Crippen molar-refractivity contribution in [1.82, 2.24) is 9.80 Å². The molecule has 1 heterocycles. The van der Waals surface area contributed by atoms with Gasteiger partial charge in [0.15, 0.2) is 5.78 Å². The van der Waals surface area contributed by atoms with Gasteiger partial charge in [-0.05, 0) is 30.8 Å². The highest BCUT2D eigenvalue weighted by molar-refractivity contribution is 6.55. The van der Waals surface area contributed by atoms with Crippen LogP contribution in [0.25, 0.3) is 0 Å². The van der Waals surface area contributed by atoms with Gasteiger partial charge in [-0.25, -0.2) is 9.38 Å². The SMILES string of the molecule is CCN1CCN(C2C(=O)c3ccccc3C(=O)C2=Nc2ccc(F)cc2)CC1. The zero-order valence-corrected chi connectivity index (χ0v) is 15.8. The Hall–Kier alpha value is -2.70. The Labute approximate surface area is 163 Å². The number of piperazine rings is 1. The van der Waals surface area contributed by atoms with Crippen LogP contribution in [0.4, 0.5) is 10.1 Å². The van der Waals surface area contributed by atoms with Gasteiger partial charge in [-0.1, -0.05) is 31.2 Å². The maximum Gasteiger partial charge on any atom is 0.210 e. The third-order valence-electron chi connectivity index (χ3n) is 5.47. The van der Waals surface area contributed by atoms with E-state index in [0.717, 1.165) is 19.6 Å². The zero-order chi connectivity index (χ0) is 19.7. The first-order valence-electron chi connectivity index (χ1n) is 9.57. The number of nitrogens with zero attached hydrogens (tertiary/aromatic N) is 3. The number of carbonyl (C=O) groups excluding carboxylic acids is 2. The van der Waals surface area contributed by atoms with Crippen LogP contribution in [-0.4, -0.2) is 65.8 Å². The van der Waals surface area contributed by atoms with Crippen molar-refractivity contribution in [1.29, 1.82) is 0 Å². The normalized spacial score (nSPS) is 22.5. The highest BCUT2D eigenvalue weighted by atomic mass is 19.1. The van der Waals surface area contributed by atoms with Gasteiger partial charge in [0.1, 0.15) is 17.6 Å². The summed E-state index contributed by atoms with van der Waals surface area (Å²) < 4.78 is 13.3. The van der Waals surface area contributed by atoms with Gasteiger partial charge >= 0.3 is 0 Å². The Bertz CT molecular complexity index is 931. The number of Topliss-reactive ketones (excluding diaryl/α,β-unsaturated/α-hetero) is 2. The molecule has 2 aromatic rings. The molecule has 0 saturated carbocycles. The summed E-state index contributed by atoms with van der Waals surface area (Å²) in [7, 11) is 0. The van der Waals surface area contributed by atoms with E-state index >= 15 is 0 Å². The minimum absolute atomic E-state index is 0.0963. The number of benzene rings is 2. The monoisotopic (exact) mass is 379 g/mol. The van der Waals surface area contributed by atoms with Crippen LogP contribution in [0.3, 0.4) is 0 Å². The van der Waals surface area contributed by atoms with Crippen LogP contribution < -0.4 is 0 Å². The fourth-order valence-corrected chi connectivity index (χ4v) is 3.87. The van der Waals surface area contributed by atoms with E-state index in [4.69, 9.17) is 0 Å². The van der Waals surface area contributed by atoms with Gasteiger partial charge in [-0.3, -0.25) is 14.5 Å². The van der Waals surface area contributed by atoms with E-state index in [0.29, 0.717) is 29.9 Å². The summed E-state index contributed by atoms with van der Waals surface area (Å²) >= 11 is 0. The first kappa shape index (κ1) is 18.7. The smallest absolute Gasteiger partial charge is 0.210 e. The van der Waals surface area contributed by atoms with Crippen molar-refractivity contribution in [3.05, 3.63) is 65.5 Å². The summed E-state index contributed by atoms with van der Waals surface area (Å²) in [6.07, 6.45) is 0. The van der Waals surface area contributed by atoms with Gasteiger partial charge in [0.25, 0.3) is 0 Å². The van der Waals surface area contributed by atoms with Crippen molar-refractivity contribution in [2.75, 3.05) is 32.7 Å². The number of ketones is 2. The number of hydrogen-bond donors (Lipinski definition) is 0. The Morgan fingerprint density at radius 1 is 0.964 bits per heavy atom. The molecule has 0 spiro atoms. The molecule has 1 saturated heterocycles. The van der Waals surface area contributed by atoms with Crippen LogP contribution in [0, 0.1) is 5.82 Å². The molecule has 1 atom stereocenters. The number of likely N-dealkylation sites (N-methyl/N-ethyl adjacent to an activating group) is 1. The van der Waals surface area contributed by atoms with E-state index in [2.05, 4.69) is 16.8 Å². The van der Waals surface area contributed by atoms with Gasteiger partial charge in [0.2, 0.25) is 5.78 Å². The van der Waals surface area contributed by atoms with Gasteiger partial charge in [0, 0.05) is 37.3 Å². The summed E-state index contributed by atoms with van der Waals surface area (Å²) in [6.45, 7) is 6.16. The van der Waals surface area contributed by atoms with Gasteiger partial charge in [0.05, 0.1) is 5.69 Å². The molecule has 0 bridgehead atoms. The van der Waals surface area contributed by atoms with Crippen LogP contribution in [0.15, 0.2) is 53.5 Å². The number of aliphatic imine (C=N–C) groups is 1. The molecule has 4 rings (SSSR count). The molecule has 0 aromatic heterocycles. The Morgan fingerprint density at radius 2 is 1.61 bits per heavy atom. The van der Waals surface area contributed by atoms with Crippen molar-refractivity contribution in [3.63, 3.8) is 0 Å². The van der Waals surface area contributed by atoms with E-state index in [1.54, 1.807) is 24.3 Å². The Kier molecular flexibility index (Phi) is 5.15. The topological polar surface area (TPSA) is 53.0 Å². The maximum absolute atomic E-state index is 13.3. The molecule has 0 amide bonds. The fourth-order valence-electron chi connectivity index (χ4n) is 3.87. The zero-order valence-electron chi connectivity index (χ0n) is 15.8. The number of fused-ring (bicyclic) bond motifs is 1. The second-order valence-corrected chi connectivity index (χ2v) is 7.09. The van der Waals surface area contributed by atoms with Crippen molar-refractivity contribution in [2.24, 2.45) is 4.99 Å². The summed E-state index contributed by atoms with van der Waals surface area (Å²) in [5, 5.41) is 0. The number of carbonyl (C=O) groups is 2. The third kappa shape index (κ3) is 3.41. The number of halogens is 1. The highest BCUT2D eigenvalue weighted by Crippen LogP contribution is 2.26. The Balaban J connectivity index is 1.77. The predicted octanol–water partition coefficient (Wildman–Crippen LogP) is 2.98.